The Kier molecular flexibility index (Phi) is 7.24. The van der Waals surface area contributed by atoms with Crippen molar-refractivity contribution >= 4 is 27.6 Å². The Labute approximate surface area is 198 Å². The average Bonchev–Trinajstić information content (AvgIpc) is 3.21. The molecule has 0 saturated carbocycles. The van der Waals surface area contributed by atoms with Crippen molar-refractivity contribution in [3.8, 4) is 0 Å². The standard InChI is InChI=1S/C21H20ClF2N3O6S/c1-9-5-6-14(23)17(10(9)2)11(3)18(19-25-26-21(29)33-19)27-34(30,31)16-8-15(24)13(22)7-12(16)20(28)32-4/h5-8,11,18,27H,1-4H3,(H,26,29). The van der Waals surface area contributed by atoms with E-state index < -0.39 is 66.7 Å². The topological polar surface area (TPSA) is 131 Å². The smallest absolute Gasteiger partial charge is 0.434 e. The van der Waals surface area contributed by atoms with Crippen molar-refractivity contribution in [3.63, 3.8) is 0 Å². The van der Waals surface area contributed by atoms with Gasteiger partial charge in [0.25, 0.3) is 0 Å². The maximum Gasteiger partial charge on any atom is 0.434 e. The Balaban J connectivity index is 2.17. The molecule has 0 spiro atoms. The van der Waals surface area contributed by atoms with Crippen molar-refractivity contribution in [2.24, 2.45) is 0 Å². The lowest BCUT2D eigenvalue weighted by Gasteiger charge is -2.25. The molecule has 2 aromatic carbocycles. The third-order valence-corrected chi connectivity index (χ3v) is 7.18. The summed E-state index contributed by atoms with van der Waals surface area (Å²) in [6, 6.07) is 2.73. The fourth-order valence-corrected chi connectivity index (χ4v) is 5.14. The number of carbonyl (C=O) groups is 1. The molecule has 0 amide bonds. The van der Waals surface area contributed by atoms with Gasteiger partial charge in [0.15, 0.2) is 0 Å². The quantitative estimate of drug-likeness (QED) is 0.460. The summed E-state index contributed by atoms with van der Waals surface area (Å²) in [5.41, 5.74) is 0.895. The number of nitrogens with one attached hydrogen (secondary N) is 2. The molecule has 0 aliphatic carbocycles. The number of ether oxygens (including phenoxy) is 1. The summed E-state index contributed by atoms with van der Waals surface area (Å²) in [5.74, 6) is -5.13. The molecule has 34 heavy (non-hydrogen) atoms. The molecule has 13 heteroatoms. The highest BCUT2D eigenvalue weighted by Crippen LogP contribution is 2.36. The lowest BCUT2D eigenvalue weighted by atomic mass is 9.88. The van der Waals surface area contributed by atoms with Gasteiger partial charge in [-0.2, -0.15) is 4.72 Å². The number of aryl methyl sites for hydroxylation is 1. The molecule has 2 N–H and O–H groups in total. The van der Waals surface area contributed by atoms with Crippen LogP contribution in [0.1, 0.15) is 51.8 Å². The van der Waals surface area contributed by atoms with E-state index >= 15 is 0 Å². The number of esters is 1. The van der Waals surface area contributed by atoms with Crippen LogP contribution >= 0.6 is 11.6 Å². The second kappa shape index (κ2) is 9.65. The van der Waals surface area contributed by atoms with Gasteiger partial charge in [0.1, 0.15) is 17.7 Å². The second-order valence-electron chi connectivity index (χ2n) is 7.50. The van der Waals surface area contributed by atoms with Gasteiger partial charge in [0.05, 0.1) is 22.6 Å². The Morgan fingerprint density at radius 1 is 1.24 bits per heavy atom. The molecule has 0 saturated heterocycles. The van der Waals surface area contributed by atoms with Gasteiger partial charge in [-0.1, -0.05) is 24.6 Å². The van der Waals surface area contributed by atoms with Crippen molar-refractivity contribution in [1.29, 1.82) is 0 Å². The normalized spacial score (nSPS) is 13.5. The Bertz CT molecular complexity index is 1420. The van der Waals surface area contributed by atoms with Gasteiger partial charge in [-0.05, 0) is 48.7 Å². The first-order chi connectivity index (χ1) is 15.9. The molecule has 0 bridgehead atoms. The van der Waals surface area contributed by atoms with Crippen molar-refractivity contribution in [2.45, 2.75) is 37.6 Å². The van der Waals surface area contributed by atoms with Crippen molar-refractivity contribution in [2.75, 3.05) is 7.11 Å². The third kappa shape index (κ3) is 4.88. The first-order valence-electron chi connectivity index (χ1n) is 9.78. The summed E-state index contributed by atoms with van der Waals surface area (Å²) in [6.07, 6.45) is 0. The number of rotatable bonds is 7. The molecule has 0 fully saturated rings. The number of H-pyrrole nitrogens is 1. The number of aromatic nitrogens is 2. The second-order valence-corrected chi connectivity index (χ2v) is 9.59. The maximum absolute atomic E-state index is 14.8. The number of hydrogen-bond acceptors (Lipinski definition) is 7. The maximum atomic E-state index is 14.8. The van der Waals surface area contributed by atoms with E-state index in [1.165, 1.54) is 13.0 Å². The third-order valence-electron chi connectivity index (χ3n) is 5.41. The Morgan fingerprint density at radius 3 is 2.50 bits per heavy atom. The molecule has 3 aromatic rings. The minimum atomic E-state index is -4.70. The minimum absolute atomic E-state index is 0.147. The number of methoxy groups -OCH3 is 1. The van der Waals surface area contributed by atoms with Crippen LogP contribution in [0.5, 0.6) is 0 Å². The van der Waals surface area contributed by atoms with E-state index in [1.54, 1.807) is 19.9 Å². The first-order valence-corrected chi connectivity index (χ1v) is 11.6. The predicted molar refractivity (Wildman–Crippen MR) is 117 cm³/mol. The van der Waals surface area contributed by atoms with Crippen LogP contribution in [0, 0.1) is 25.5 Å². The summed E-state index contributed by atoms with van der Waals surface area (Å²) >= 11 is 5.72. The van der Waals surface area contributed by atoms with Crippen LogP contribution in [0.4, 0.5) is 8.78 Å². The number of carbonyl (C=O) groups excluding carboxylic acids is 1. The molecule has 0 radical (unpaired) electrons. The van der Waals surface area contributed by atoms with Gasteiger partial charge in [0, 0.05) is 5.92 Å². The predicted octanol–water partition coefficient (Wildman–Crippen LogP) is 3.52. The van der Waals surface area contributed by atoms with Crippen LogP contribution in [-0.4, -0.2) is 31.7 Å². The molecule has 3 rings (SSSR count). The van der Waals surface area contributed by atoms with E-state index in [9.17, 15) is 26.8 Å². The molecule has 0 aliphatic rings. The zero-order valence-electron chi connectivity index (χ0n) is 18.4. The van der Waals surface area contributed by atoms with Gasteiger partial charge >= 0.3 is 11.7 Å². The zero-order chi connectivity index (χ0) is 25.4. The molecular formula is C21H20ClF2N3O6S. The molecule has 1 aromatic heterocycles. The summed E-state index contributed by atoms with van der Waals surface area (Å²) in [4.78, 5) is 23.0. The number of aromatic amines is 1. The SMILES string of the molecule is COC(=O)c1cc(Cl)c(F)cc1S(=O)(=O)NC(c1n[nH]c(=O)o1)C(C)c1c(F)ccc(C)c1C. The Morgan fingerprint density at radius 2 is 1.91 bits per heavy atom. The fourth-order valence-electron chi connectivity index (χ4n) is 3.52. The highest BCUT2D eigenvalue weighted by atomic mass is 35.5. The highest BCUT2D eigenvalue weighted by Gasteiger charge is 2.35. The lowest BCUT2D eigenvalue weighted by Crippen LogP contribution is -2.34. The van der Waals surface area contributed by atoms with Crippen LogP contribution in [-0.2, 0) is 14.8 Å². The Hall–Kier alpha value is -3.09. The monoisotopic (exact) mass is 515 g/mol. The van der Waals surface area contributed by atoms with Crippen molar-refractivity contribution in [1.82, 2.24) is 14.9 Å². The summed E-state index contributed by atoms with van der Waals surface area (Å²) in [5, 5.41) is 5.21. The lowest BCUT2D eigenvalue weighted by molar-refractivity contribution is 0.0596. The van der Waals surface area contributed by atoms with E-state index in [2.05, 4.69) is 14.6 Å². The van der Waals surface area contributed by atoms with Gasteiger partial charge in [-0.3, -0.25) is 0 Å². The van der Waals surface area contributed by atoms with E-state index in [4.69, 9.17) is 16.0 Å². The van der Waals surface area contributed by atoms with Crippen molar-refractivity contribution < 1.29 is 31.1 Å². The molecule has 2 unspecified atom stereocenters. The fraction of sp³-hybridized carbons (Fsp3) is 0.286. The van der Waals surface area contributed by atoms with E-state index in [1.807, 2.05) is 5.10 Å². The van der Waals surface area contributed by atoms with Gasteiger partial charge in [-0.15, -0.1) is 5.10 Å². The summed E-state index contributed by atoms with van der Waals surface area (Å²) < 4.78 is 67.4. The molecule has 182 valence electrons. The number of benzene rings is 2. The van der Waals surface area contributed by atoms with Crippen LogP contribution in [0.2, 0.25) is 5.02 Å². The summed E-state index contributed by atoms with van der Waals surface area (Å²) in [7, 11) is -3.69. The summed E-state index contributed by atoms with van der Waals surface area (Å²) in [6.45, 7) is 4.90. The van der Waals surface area contributed by atoms with Crippen LogP contribution < -0.4 is 10.5 Å². The number of sulfonamides is 1. The minimum Gasteiger partial charge on any atom is -0.465 e. The van der Waals surface area contributed by atoms with E-state index in [0.717, 1.165) is 18.7 Å². The molecular weight excluding hydrogens is 496 g/mol. The number of halogens is 3. The van der Waals surface area contributed by atoms with E-state index in [0.29, 0.717) is 11.6 Å². The number of nitrogens with zero attached hydrogens (tertiary/aromatic N) is 1. The number of hydrogen-bond donors (Lipinski definition) is 2. The van der Waals surface area contributed by atoms with E-state index in [-0.39, 0.29) is 5.56 Å². The zero-order valence-corrected chi connectivity index (χ0v) is 20.0. The van der Waals surface area contributed by atoms with Crippen molar-refractivity contribution in [3.05, 3.63) is 79.6 Å². The van der Waals surface area contributed by atoms with Crippen LogP contribution in [0.15, 0.2) is 38.4 Å². The molecule has 2 atom stereocenters. The molecule has 9 nitrogen and oxygen atoms in total. The highest BCUT2D eigenvalue weighted by molar-refractivity contribution is 7.89. The van der Waals surface area contributed by atoms with Gasteiger partial charge < -0.3 is 9.15 Å². The molecule has 0 aliphatic heterocycles. The van der Waals surface area contributed by atoms with Gasteiger partial charge in [-0.25, -0.2) is 31.9 Å². The largest absolute Gasteiger partial charge is 0.465 e. The van der Waals surface area contributed by atoms with Gasteiger partial charge in [0.2, 0.25) is 15.9 Å². The molecule has 1 heterocycles. The van der Waals surface area contributed by atoms with Crippen LogP contribution in [0.25, 0.3) is 0 Å². The average molecular weight is 516 g/mol. The van der Waals surface area contributed by atoms with Crippen LogP contribution in [0.3, 0.4) is 0 Å². The first kappa shape index (κ1) is 25.5.